The molecule has 0 fully saturated rings. The van der Waals surface area contributed by atoms with Crippen LogP contribution < -0.4 is 4.83 Å². The predicted molar refractivity (Wildman–Crippen MR) is 111 cm³/mol. The maximum atomic E-state index is 14.3. The zero-order valence-electron chi connectivity index (χ0n) is 15.3. The van der Waals surface area contributed by atoms with Crippen LogP contribution in [0.3, 0.4) is 0 Å². The number of hydrogen-bond acceptors (Lipinski definition) is 3. The van der Waals surface area contributed by atoms with Gasteiger partial charge in [0.1, 0.15) is 11.6 Å². The smallest absolute Gasteiger partial charge is 0.207 e. The van der Waals surface area contributed by atoms with E-state index in [4.69, 9.17) is 11.6 Å². The van der Waals surface area contributed by atoms with Crippen molar-refractivity contribution in [3.05, 3.63) is 95.5 Å². The Hall–Kier alpha value is -3.23. The first-order valence-electron chi connectivity index (χ1n) is 8.73. The number of hydrogen-bond donors (Lipinski definition) is 1. The zero-order valence-corrected chi connectivity index (χ0v) is 16.8. The highest BCUT2D eigenvalue weighted by molar-refractivity contribution is 7.92. The van der Waals surface area contributed by atoms with Crippen LogP contribution in [-0.4, -0.2) is 18.3 Å². The second kappa shape index (κ2) is 7.89. The van der Waals surface area contributed by atoms with Crippen molar-refractivity contribution in [2.24, 2.45) is 0 Å². The van der Waals surface area contributed by atoms with Crippen molar-refractivity contribution >= 4 is 21.6 Å². The SMILES string of the molecule is O=S(=O)(Nn1nc(-c2cc(F)ccc2F)cc1-c1ccc(Cl)cc1)c1ccccc1. The molecule has 0 atom stereocenters. The second-order valence-corrected chi connectivity index (χ2v) is 8.46. The summed E-state index contributed by atoms with van der Waals surface area (Å²) in [6.07, 6.45) is 0. The molecule has 9 heteroatoms. The molecule has 1 heterocycles. The van der Waals surface area contributed by atoms with E-state index >= 15 is 0 Å². The van der Waals surface area contributed by atoms with Gasteiger partial charge in [-0.1, -0.05) is 41.9 Å². The quantitative estimate of drug-likeness (QED) is 0.466. The molecule has 30 heavy (non-hydrogen) atoms. The van der Waals surface area contributed by atoms with Gasteiger partial charge in [0.15, 0.2) is 0 Å². The zero-order chi connectivity index (χ0) is 21.3. The number of halogens is 3. The highest BCUT2D eigenvalue weighted by Crippen LogP contribution is 2.29. The van der Waals surface area contributed by atoms with Crippen LogP contribution in [0.1, 0.15) is 0 Å². The first-order valence-corrected chi connectivity index (χ1v) is 10.6. The Balaban J connectivity index is 1.85. The van der Waals surface area contributed by atoms with E-state index in [0.717, 1.165) is 23.0 Å². The largest absolute Gasteiger partial charge is 0.276 e. The van der Waals surface area contributed by atoms with Crippen molar-refractivity contribution in [3.63, 3.8) is 0 Å². The molecule has 0 aliphatic carbocycles. The number of benzene rings is 3. The molecule has 5 nitrogen and oxygen atoms in total. The Morgan fingerprint density at radius 2 is 1.60 bits per heavy atom. The van der Waals surface area contributed by atoms with E-state index in [1.54, 1.807) is 42.5 Å². The van der Waals surface area contributed by atoms with Gasteiger partial charge in [0.25, 0.3) is 10.0 Å². The summed E-state index contributed by atoms with van der Waals surface area (Å²) in [7, 11) is -3.98. The van der Waals surface area contributed by atoms with Gasteiger partial charge in [0, 0.05) is 16.1 Å². The first-order chi connectivity index (χ1) is 14.3. The molecule has 0 unspecified atom stereocenters. The van der Waals surface area contributed by atoms with E-state index in [2.05, 4.69) is 9.93 Å². The van der Waals surface area contributed by atoms with Crippen molar-refractivity contribution in [2.45, 2.75) is 4.90 Å². The lowest BCUT2D eigenvalue weighted by atomic mass is 10.1. The van der Waals surface area contributed by atoms with Crippen LogP contribution >= 0.6 is 11.6 Å². The van der Waals surface area contributed by atoms with Gasteiger partial charge in [-0.15, -0.1) is 0 Å². The van der Waals surface area contributed by atoms with Crippen LogP contribution in [0, 0.1) is 11.6 Å². The van der Waals surface area contributed by atoms with Crippen molar-refractivity contribution < 1.29 is 17.2 Å². The van der Waals surface area contributed by atoms with Gasteiger partial charge in [-0.05, 0) is 48.5 Å². The summed E-state index contributed by atoms with van der Waals surface area (Å²) >= 11 is 5.94. The fourth-order valence-electron chi connectivity index (χ4n) is 2.87. The van der Waals surface area contributed by atoms with Gasteiger partial charge in [-0.25, -0.2) is 8.78 Å². The van der Waals surface area contributed by atoms with Gasteiger partial charge < -0.3 is 0 Å². The lowest BCUT2D eigenvalue weighted by Gasteiger charge is -2.11. The lowest BCUT2D eigenvalue weighted by molar-refractivity contribution is 0.592. The third-order valence-electron chi connectivity index (χ3n) is 4.31. The molecule has 4 rings (SSSR count). The van der Waals surface area contributed by atoms with Crippen LogP contribution in [0.4, 0.5) is 8.78 Å². The van der Waals surface area contributed by atoms with Crippen LogP contribution in [-0.2, 0) is 10.0 Å². The Bertz CT molecular complexity index is 1310. The van der Waals surface area contributed by atoms with Crippen molar-refractivity contribution in [1.29, 1.82) is 0 Å². The molecule has 4 aromatic rings. The van der Waals surface area contributed by atoms with Crippen LogP contribution in [0.5, 0.6) is 0 Å². The third-order valence-corrected chi connectivity index (χ3v) is 5.87. The minimum atomic E-state index is -3.98. The van der Waals surface area contributed by atoms with E-state index in [1.807, 2.05) is 0 Å². The second-order valence-electron chi connectivity index (χ2n) is 6.37. The molecule has 1 aromatic heterocycles. The van der Waals surface area contributed by atoms with Crippen molar-refractivity contribution in [2.75, 3.05) is 4.83 Å². The monoisotopic (exact) mass is 445 g/mol. The van der Waals surface area contributed by atoms with Crippen molar-refractivity contribution in [1.82, 2.24) is 9.89 Å². The average Bonchev–Trinajstić information content (AvgIpc) is 3.14. The Morgan fingerprint density at radius 1 is 0.900 bits per heavy atom. The third kappa shape index (κ3) is 4.05. The normalized spacial score (nSPS) is 11.4. The molecule has 0 bridgehead atoms. The molecule has 0 aliphatic heterocycles. The molecule has 0 aliphatic rings. The maximum Gasteiger partial charge on any atom is 0.276 e. The van der Waals surface area contributed by atoms with Gasteiger partial charge in [-0.2, -0.15) is 23.1 Å². The van der Waals surface area contributed by atoms with Crippen LogP contribution in [0.2, 0.25) is 5.02 Å². The van der Waals surface area contributed by atoms with E-state index in [0.29, 0.717) is 16.3 Å². The topological polar surface area (TPSA) is 64.0 Å². The molecule has 3 aromatic carbocycles. The van der Waals surface area contributed by atoms with E-state index < -0.39 is 21.7 Å². The summed E-state index contributed by atoms with van der Waals surface area (Å²) in [5.41, 5.74) is 0.867. The van der Waals surface area contributed by atoms with Crippen LogP contribution in [0.25, 0.3) is 22.5 Å². The molecule has 1 N–H and O–H groups in total. The number of nitrogens with one attached hydrogen (secondary N) is 1. The highest BCUT2D eigenvalue weighted by atomic mass is 35.5. The van der Waals surface area contributed by atoms with E-state index in [-0.39, 0.29) is 16.2 Å². The lowest BCUT2D eigenvalue weighted by Crippen LogP contribution is -2.25. The molecule has 0 radical (unpaired) electrons. The van der Waals surface area contributed by atoms with Crippen LogP contribution in [0.15, 0.2) is 83.8 Å². The Labute approximate surface area is 176 Å². The summed E-state index contributed by atoms with van der Waals surface area (Å²) < 4.78 is 53.5. The highest BCUT2D eigenvalue weighted by Gasteiger charge is 2.20. The van der Waals surface area contributed by atoms with Gasteiger partial charge in [0.2, 0.25) is 0 Å². The molecular formula is C21H14ClF2N3O2S. The molecule has 0 saturated heterocycles. The molecule has 152 valence electrons. The summed E-state index contributed by atoms with van der Waals surface area (Å²) in [5, 5.41) is 4.67. The number of sulfonamides is 1. The van der Waals surface area contributed by atoms with E-state index in [1.165, 1.54) is 18.2 Å². The minimum absolute atomic E-state index is 0.0287. The first kappa shape index (κ1) is 20.1. The molecule has 0 amide bonds. The van der Waals surface area contributed by atoms with Gasteiger partial charge in [-0.3, -0.25) is 0 Å². The summed E-state index contributed by atoms with van der Waals surface area (Å²) in [6, 6.07) is 18.8. The minimum Gasteiger partial charge on any atom is -0.207 e. The van der Waals surface area contributed by atoms with Crippen molar-refractivity contribution in [3.8, 4) is 22.5 Å². The van der Waals surface area contributed by atoms with E-state index in [9.17, 15) is 17.2 Å². The molecular weight excluding hydrogens is 432 g/mol. The Kier molecular flexibility index (Phi) is 5.27. The maximum absolute atomic E-state index is 14.3. The fourth-order valence-corrected chi connectivity index (χ4v) is 3.98. The summed E-state index contributed by atoms with van der Waals surface area (Å²) in [6.45, 7) is 0. The standard InChI is InChI=1S/C21H14ClF2N3O2S/c22-15-8-6-14(7-9-15)21-13-20(18-12-16(23)10-11-19(18)24)25-27(21)26-30(28,29)17-4-2-1-3-5-17/h1-13,26H. The van der Waals surface area contributed by atoms with Gasteiger partial charge >= 0.3 is 0 Å². The summed E-state index contributed by atoms with van der Waals surface area (Å²) in [5.74, 6) is -1.33. The number of rotatable bonds is 5. The van der Waals surface area contributed by atoms with Gasteiger partial charge in [0.05, 0.1) is 16.3 Å². The molecule has 0 saturated carbocycles. The molecule has 0 spiro atoms. The Morgan fingerprint density at radius 3 is 2.30 bits per heavy atom. The predicted octanol–water partition coefficient (Wildman–Crippen LogP) is 5.08. The summed E-state index contributed by atoms with van der Waals surface area (Å²) in [4.78, 5) is 3.42. The number of aromatic nitrogens is 2. The average molecular weight is 446 g/mol. The number of nitrogens with zero attached hydrogens (tertiary/aromatic N) is 2. The fraction of sp³-hybridized carbons (Fsp3) is 0.